The van der Waals surface area contributed by atoms with E-state index in [1.807, 2.05) is 22.6 Å². The molecule has 0 fully saturated rings. The molecule has 0 aromatic heterocycles. The van der Waals surface area contributed by atoms with Crippen LogP contribution in [0.2, 0.25) is 5.02 Å². The molecule has 1 aromatic carbocycles. The van der Waals surface area contributed by atoms with Gasteiger partial charge in [-0.15, -0.1) is 0 Å². The topological polar surface area (TPSA) is 60.2 Å². The van der Waals surface area contributed by atoms with Crippen LogP contribution in [0.4, 0.5) is 5.69 Å². The van der Waals surface area contributed by atoms with Gasteiger partial charge in [-0.25, -0.2) is 0 Å². The molecule has 0 radical (unpaired) electrons. The monoisotopic (exact) mass is 325 g/mol. The van der Waals surface area contributed by atoms with Crippen molar-refractivity contribution in [1.29, 1.82) is 0 Å². The molecule has 0 saturated carbocycles. The van der Waals surface area contributed by atoms with Gasteiger partial charge in [0.25, 0.3) is 5.69 Å². The number of nitrogens with zero attached hydrogens (tertiary/aromatic N) is 1. The van der Waals surface area contributed by atoms with Gasteiger partial charge < -0.3 is 0 Å². The van der Waals surface area contributed by atoms with E-state index in [9.17, 15) is 14.9 Å². The Morgan fingerprint density at radius 1 is 1.57 bits per heavy atom. The minimum Gasteiger partial charge on any atom is -0.294 e. The Hall–Kier alpha value is -0.690. The summed E-state index contributed by atoms with van der Waals surface area (Å²) < 4.78 is 0.422. The second-order valence-electron chi connectivity index (χ2n) is 2.57. The molecular weight excluding hydrogens is 320 g/mol. The first kappa shape index (κ1) is 11.4. The predicted octanol–water partition coefficient (Wildman–Crippen LogP) is 3.06. The molecule has 0 N–H and O–H groups in total. The number of hydrogen-bond donors (Lipinski definition) is 0. The molecule has 0 spiro atoms. The molecule has 74 valence electrons. The molecule has 0 atom stereocenters. The molecule has 1 aromatic rings. The summed E-state index contributed by atoms with van der Waals surface area (Å²) in [6.45, 7) is 1.28. The second kappa shape index (κ2) is 4.22. The smallest absolute Gasteiger partial charge is 0.281 e. The summed E-state index contributed by atoms with van der Waals surface area (Å²) in [5, 5.41) is 10.9. The molecule has 0 saturated heterocycles. The molecule has 1 rings (SSSR count). The van der Waals surface area contributed by atoms with Crippen molar-refractivity contribution >= 4 is 45.7 Å². The average molecular weight is 325 g/mol. The Kier molecular flexibility index (Phi) is 3.43. The molecule has 0 amide bonds. The van der Waals surface area contributed by atoms with Crippen molar-refractivity contribution in [2.75, 3.05) is 0 Å². The van der Waals surface area contributed by atoms with Gasteiger partial charge in [0.15, 0.2) is 5.78 Å². The van der Waals surface area contributed by atoms with Gasteiger partial charge in [0.2, 0.25) is 0 Å². The Labute approximate surface area is 98.5 Å². The number of benzene rings is 1. The highest BCUT2D eigenvalue weighted by Gasteiger charge is 2.21. The minimum atomic E-state index is -0.588. The van der Waals surface area contributed by atoms with E-state index in [0.29, 0.717) is 8.59 Å². The number of hydrogen-bond acceptors (Lipinski definition) is 3. The summed E-state index contributed by atoms with van der Waals surface area (Å²) in [5.41, 5.74) is -0.130. The van der Waals surface area contributed by atoms with Crippen LogP contribution < -0.4 is 0 Å². The largest absolute Gasteiger partial charge is 0.294 e. The number of ketones is 1. The second-order valence-corrected chi connectivity index (χ2v) is 4.05. The van der Waals surface area contributed by atoms with Crippen LogP contribution in [0.5, 0.6) is 0 Å². The van der Waals surface area contributed by atoms with E-state index < -0.39 is 4.92 Å². The summed E-state index contributed by atoms with van der Waals surface area (Å²) in [6, 6.07) is 2.65. The maximum atomic E-state index is 11.2. The molecule has 14 heavy (non-hydrogen) atoms. The Morgan fingerprint density at radius 2 is 2.14 bits per heavy atom. The number of nitro groups is 1. The van der Waals surface area contributed by atoms with Gasteiger partial charge in [-0.3, -0.25) is 14.9 Å². The molecule has 0 heterocycles. The van der Waals surface area contributed by atoms with Crippen molar-refractivity contribution in [3.8, 4) is 0 Å². The molecular formula is C8H5ClINO3. The molecule has 0 aliphatic rings. The van der Waals surface area contributed by atoms with Gasteiger partial charge in [-0.2, -0.15) is 0 Å². The van der Waals surface area contributed by atoms with Crippen LogP contribution in [-0.4, -0.2) is 10.7 Å². The molecule has 0 aliphatic carbocycles. The fraction of sp³-hybridized carbons (Fsp3) is 0.125. The van der Waals surface area contributed by atoms with Crippen LogP contribution in [-0.2, 0) is 0 Å². The highest BCUT2D eigenvalue weighted by molar-refractivity contribution is 14.1. The molecule has 0 aliphatic heterocycles. The van der Waals surface area contributed by atoms with Crippen LogP contribution >= 0.6 is 34.2 Å². The quantitative estimate of drug-likeness (QED) is 0.363. The van der Waals surface area contributed by atoms with Crippen molar-refractivity contribution in [3.05, 3.63) is 36.4 Å². The molecule has 0 unspecified atom stereocenters. The van der Waals surface area contributed by atoms with Crippen LogP contribution in [0.15, 0.2) is 12.1 Å². The summed E-state index contributed by atoms with van der Waals surface area (Å²) in [4.78, 5) is 21.2. The Morgan fingerprint density at radius 3 is 2.57 bits per heavy atom. The fourth-order valence-electron chi connectivity index (χ4n) is 1.03. The lowest BCUT2D eigenvalue weighted by Crippen LogP contribution is -2.03. The third-order valence-electron chi connectivity index (χ3n) is 1.62. The van der Waals surface area contributed by atoms with E-state index in [2.05, 4.69) is 0 Å². The van der Waals surface area contributed by atoms with E-state index in [-0.39, 0.29) is 17.0 Å². The van der Waals surface area contributed by atoms with Crippen molar-refractivity contribution in [2.45, 2.75) is 6.92 Å². The lowest BCUT2D eigenvalue weighted by molar-refractivity contribution is -0.385. The normalized spacial score (nSPS) is 9.93. The number of halogens is 2. The van der Waals surface area contributed by atoms with Crippen molar-refractivity contribution in [1.82, 2.24) is 0 Å². The summed E-state index contributed by atoms with van der Waals surface area (Å²) in [6.07, 6.45) is 0. The van der Waals surface area contributed by atoms with Crippen LogP contribution in [0.1, 0.15) is 17.3 Å². The first-order valence-electron chi connectivity index (χ1n) is 3.58. The number of rotatable bonds is 2. The zero-order valence-corrected chi connectivity index (χ0v) is 10.00. The summed E-state index contributed by atoms with van der Waals surface area (Å²) in [5.74, 6) is -0.358. The predicted molar refractivity (Wildman–Crippen MR) is 60.8 cm³/mol. The number of Topliss-reactive ketones (excluding diaryl/α,β-unsaturated/α-hetero) is 1. The van der Waals surface area contributed by atoms with Crippen LogP contribution in [0.3, 0.4) is 0 Å². The van der Waals surface area contributed by atoms with E-state index in [4.69, 9.17) is 11.6 Å². The summed E-state index contributed by atoms with van der Waals surface area (Å²) >= 11 is 7.57. The SMILES string of the molecule is CC(=O)c1c([N+](=O)[O-])ccc(Cl)c1I. The average Bonchev–Trinajstić information content (AvgIpc) is 2.08. The minimum absolute atomic E-state index is 0.0723. The van der Waals surface area contributed by atoms with Gasteiger partial charge >= 0.3 is 0 Å². The third-order valence-corrected chi connectivity index (χ3v) is 3.38. The van der Waals surface area contributed by atoms with Crippen molar-refractivity contribution in [2.24, 2.45) is 0 Å². The molecule has 4 nitrogen and oxygen atoms in total. The first-order chi connectivity index (χ1) is 6.45. The highest BCUT2D eigenvalue weighted by atomic mass is 127. The van der Waals surface area contributed by atoms with E-state index in [0.717, 1.165) is 0 Å². The van der Waals surface area contributed by atoms with E-state index in [1.165, 1.54) is 19.1 Å². The standard InChI is InChI=1S/C8H5ClINO3/c1-4(12)7-6(11(13)14)3-2-5(9)8(7)10/h2-3H,1H3. The van der Waals surface area contributed by atoms with Gasteiger partial charge in [-0.1, -0.05) is 11.6 Å². The Bertz CT molecular complexity index is 419. The van der Waals surface area contributed by atoms with Gasteiger partial charge in [0.1, 0.15) is 5.56 Å². The van der Waals surface area contributed by atoms with Crippen molar-refractivity contribution in [3.63, 3.8) is 0 Å². The van der Waals surface area contributed by atoms with Gasteiger partial charge in [-0.05, 0) is 35.6 Å². The molecule has 0 bridgehead atoms. The van der Waals surface area contributed by atoms with Crippen molar-refractivity contribution < 1.29 is 9.72 Å². The van der Waals surface area contributed by atoms with E-state index in [1.54, 1.807) is 0 Å². The maximum Gasteiger partial charge on any atom is 0.281 e. The van der Waals surface area contributed by atoms with Crippen LogP contribution in [0.25, 0.3) is 0 Å². The number of carbonyl (C=O) groups is 1. The van der Waals surface area contributed by atoms with E-state index >= 15 is 0 Å². The van der Waals surface area contributed by atoms with Gasteiger partial charge in [0, 0.05) is 9.64 Å². The molecule has 6 heteroatoms. The van der Waals surface area contributed by atoms with Gasteiger partial charge in [0.05, 0.1) is 9.95 Å². The lowest BCUT2D eigenvalue weighted by atomic mass is 10.1. The lowest BCUT2D eigenvalue weighted by Gasteiger charge is -2.03. The van der Waals surface area contributed by atoms with Crippen LogP contribution in [0, 0.1) is 13.7 Å². The zero-order valence-electron chi connectivity index (χ0n) is 7.08. The maximum absolute atomic E-state index is 11.2. The zero-order chi connectivity index (χ0) is 10.9. The fourth-order valence-corrected chi connectivity index (χ4v) is 2.02. The Balaban J connectivity index is 3.53. The number of carbonyl (C=O) groups excluding carboxylic acids is 1. The highest BCUT2D eigenvalue weighted by Crippen LogP contribution is 2.30. The number of nitro benzene ring substituents is 1. The third kappa shape index (κ3) is 2.03. The summed E-state index contributed by atoms with van der Waals surface area (Å²) in [7, 11) is 0. The first-order valence-corrected chi connectivity index (χ1v) is 5.04.